The summed E-state index contributed by atoms with van der Waals surface area (Å²) in [5, 5.41) is 0. The van der Waals surface area contributed by atoms with Gasteiger partial charge in [0.15, 0.2) is 0 Å². The average Bonchev–Trinajstić information content (AvgIpc) is 1.62. The van der Waals surface area contributed by atoms with Gasteiger partial charge in [-0.05, 0) is 0 Å². The Morgan fingerprint density at radius 1 is 1.88 bits per heavy atom. The van der Waals surface area contributed by atoms with Crippen molar-refractivity contribution in [1.29, 1.82) is 0 Å². The van der Waals surface area contributed by atoms with E-state index in [2.05, 4.69) is 0 Å². The van der Waals surface area contributed by atoms with Gasteiger partial charge in [0, 0.05) is 6.42 Å². The van der Waals surface area contributed by atoms with Gasteiger partial charge in [-0.25, -0.2) is 5.84 Å². The average molecular weight is 116 g/mol. The third-order valence-corrected chi connectivity index (χ3v) is 1.13. The summed E-state index contributed by atoms with van der Waals surface area (Å²) < 4.78 is 4.79. The van der Waals surface area contributed by atoms with Crippen LogP contribution in [0.2, 0.25) is 0 Å². The number of hydrogen-bond donors (Lipinski definition) is 2. The molecule has 1 saturated heterocycles. The van der Waals surface area contributed by atoms with E-state index < -0.39 is 0 Å². The molecule has 46 valence electrons. The predicted octanol–water partition coefficient (Wildman–Crippen LogP) is -1.23. The molecular formula is C4H8N2O2. The molecule has 0 aromatic carbocycles. The molecule has 1 aliphatic heterocycles. The third kappa shape index (κ3) is 0.801. The van der Waals surface area contributed by atoms with Gasteiger partial charge < -0.3 is 4.74 Å². The largest absolute Gasteiger partial charge is 0.368 e. The summed E-state index contributed by atoms with van der Waals surface area (Å²) in [4.78, 5) is 10.4. The van der Waals surface area contributed by atoms with Crippen LogP contribution in [0.25, 0.3) is 0 Å². The van der Waals surface area contributed by atoms with Crippen molar-refractivity contribution in [3.8, 4) is 0 Å². The molecule has 1 aliphatic rings. The summed E-state index contributed by atoms with van der Waals surface area (Å²) in [6, 6.07) is 0. The molecule has 0 unspecified atom stereocenters. The summed E-state index contributed by atoms with van der Waals surface area (Å²) in [6.07, 6.45) is 0.517. The van der Waals surface area contributed by atoms with Crippen LogP contribution in [0.3, 0.4) is 0 Å². The maximum absolute atomic E-state index is 10.4. The summed E-state index contributed by atoms with van der Waals surface area (Å²) >= 11 is 0. The molecule has 1 rings (SSSR count). The maximum Gasteiger partial charge on any atom is 0.263 e. The Hall–Kier alpha value is -0.610. The van der Waals surface area contributed by atoms with Crippen molar-refractivity contribution in [3.63, 3.8) is 0 Å². The maximum atomic E-state index is 10.4. The van der Waals surface area contributed by atoms with Crippen LogP contribution in [0.4, 0.5) is 0 Å². The monoisotopic (exact) mass is 116 g/mol. The first-order chi connectivity index (χ1) is 3.84. The molecule has 1 heterocycles. The summed E-state index contributed by atoms with van der Waals surface area (Å²) in [7, 11) is 0. The first-order valence-electron chi connectivity index (χ1n) is 2.46. The molecule has 0 aromatic heterocycles. The van der Waals surface area contributed by atoms with Gasteiger partial charge in [-0.15, -0.1) is 0 Å². The van der Waals surface area contributed by atoms with Gasteiger partial charge in [0.2, 0.25) is 0 Å². The van der Waals surface area contributed by atoms with Gasteiger partial charge in [0.1, 0.15) is 6.10 Å². The first kappa shape index (κ1) is 5.53. The van der Waals surface area contributed by atoms with Gasteiger partial charge in [-0.2, -0.15) is 0 Å². The normalized spacial score (nSPS) is 26.4. The first-order valence-corrected chi connectivity index (χ1v) is 2.46. The number of carbonyl (C=O) groups is 1. The van der Waals surface area contributed by atoms with Gasteiger partial charge in [0.25, 0.3) is 5.91 Å². The summed E-state index contributed by atoms with van der Waals surface area (Å²) in [5.74, 6) is 4.58. The van der Waals surface area contributed by atoms with Gasteiger partial charge >= 0.3 is 0 Å². The molecule has 0 radical (unpaired) electrons. The Balaban J connectivity index is 2.24. The van der Waals surface area contributed by atoms with E-state index in [-0.39, 0.29) is 12.0 Å². The highest BCUT2D eigenvalue weighted by Gasteiger charge is 2.24. The highest BCUT2D eigenvalue weighted by atomic mass is 16.5. The fourth-order valence-corrected chi connectivity index (χ4v) is 0.535. The predicted molar refractivity (Wildman–Crippen MR) is 26.7 cm³/mol. The van der Waals surface area contributed by atoms with Crippen molar-refractivity contribution in [2.45, 2.75) is 12.5 Å². The lowest BCUT2D eigenvalue weighted by Crippen LogP contribution is -2.45. The van der Waals surface area contributed by atoms with E-state index >= 15 is 0 Å². The number of nitrogens with one attached hydrogen (secondary N) is 1. The number of nitrogens with two attached hydrogens (primary N) is 1. The molecule has 8 heavy (non-hydrogen) atoms. The Morgan fingerprint density at radius 2 is 2.50 bits per heavy atom. The van der Waals surface area contributed by atoms with E-state index in [1.165, 1.54) is 0 Å². The Labute approximate surface area is 47.0 Å². The van der Waals surface area contributed by atoms with Gasteiger partial charge in [-0.3, -0.25) is 10.2 Å². The van der Waals surface area contributed by atoms with Gasteiger partial charge in [0.05, 0.1) is 6.61 Å². The quantitative estimate of drug-likeness (QED) is 0.256. The molecule has 0 bridgehead atoms. The van der Waals surface area contributed by atoms with Crippen molar-refractivity contribution < 1.29 is 9.53 Å². The number of amides is 1. The summed E-state index contributed by atoms with van der Waals surface area (Å²) in [6.45, 7) is 0.679. The second-order valence-corrected chi connectivity index (χ2v) is 1.66. The zero-order valence-corrected chi connectivity index (χ0v) is 4.39. The molecule has 0 saturated carbocycles. The lowest BCUT2D eigenvalue weighted by molar-refractivity contribution is -0.144. The van der Waals surface area contributed by atoms with Crippen molar-refractivity contribution in [2.75, 3.05) is 6.61 Å². The molecule has 1 amide bonds. The molecule has 1 atom stereocenters. The van der Waals surface area contributed by atoms with E-state index in [0.717, 1.165) is 6.42 Å². The number of hydrazine groups is 1. The van der Waals surface area contributed by atoms with Crippen LogP contribution in [-0.4, -0.2) is 18.6 Å². The molecule has 4 nitrogen and oxygen atoms in total. The minimum absolute atomic E-state index is 0.226. The highest BCUT2D eigenvalue weighted by molar-refractivity contribution is 5.80. The molecule has 1 fully saturated rings. The highest BCUT2D eigenvalue weighted by Crippen LogP contribution is 2.09. The minimum Gasteiger partial charge on any atom is -0.368 e. The van der Waals surface area contributed by atoms with Crippen LogP contribution in [0.5, 0.6) is 0 Å². The lowest BCUT2D eigenvalue weighted by Gasteiger charge is -2.23. The van der Waals surface area contributed by atoms with Crippen LogP contribution >= 0.6 is 0 Å². The lowest BCUT2D eigenvalue weighted by atomic mass is 10.2. The Morgan fingerprint density at radius 3 is 2.62 bits per heavy atom. The number of carbonyl (C=O) groups excluding carboxylic acids is 1. The molecular weight excluding hydrogens is 108 g/mol. The third-order valence-electron chi connectivity index (χ3n) is 1.13. The summed E-state index contributed by atoms with van der Waals surface area (Å²) in [5.41, 5.74) is 2.00. The topological polar surface area (TPSA) is 64.3 Å². The number of hydrogen-bond acceptors (Lipinski definition) is 3. The Bertz CT molecular complexity index is 100. The minimum atomic E-state index is -0.278. The van der Waals surface area contributed by atoms with Crippen LogP contribution < -0.4 is 11.3 Å². The second kappa shape index (κ2) is 2.11. The molecule has 4 heteroatoms. The molecule has 0 aliphatic carbocycles. The molecule has 0 aromatic rings. The van der Waals surface area contributed by atoms with Crippen LogP contribution in [-0.2, 0) is 9.53 Å². The van der Waals surface area contributed by atoms with Crippen molar-refractivity contribution in [3.05, 3.63) is 0 Å². The smallest absolute Gasteiger partial charge is 0.263 e. The Kier molecular flexibility index (Phi) is 1.45. The second-order valence-electron chi connectivity index (χ2n) is 1.66. The zero-order valence-electron chi connectivity index (χ0n) is 4.39. The van der Waals surface area contributed by atoms with Gasteiger partial charge in [-0.1, -0.05) is 0 Å². The van der Waals surface area contributed by atoms with E-state index in [9.17, 15) is 4.79 Å². The molecule has 3 N–H and O–H groups in total. The van der Waals surface area contributed by atoms with E-state index in [4.69, 9.17) is 10.6 Å². The van der Waals surface area contributed by atoms with Crippen molar-refractivity contribution >= 4 is 5.91 Å². The van der Waals surface area contributed by atoms with E-state index in [1.54, 1.807) is 0 Å². The van der Waals surface area contributed by atoms with Crippen molar-refractivity contribution in [1.82, 2.24) is 5.43 Å². The fraction of sp³-hybridized carbons (Fsp3) is 0.750. The van der Waals surface area contributed by atoms with Crippen LogP contribution in [0.1, 0.15) is 6.42 Å². The SMILES string of the molecule is NNC(=O)[C@@H]1CCO1. The van der Waals surface area contributed by atoms with E-state index in [1.807, 2.05) is 5.43 Å². The zero-order chi connectivity index (χ0) is 5.98. The van der Waals surface area contributed by atoms with Crippen LogP contribution in [0.15, 0.2) is 0 Å². The fourth-order valence-electron chi connectivity index (χ4n) is 0.535. The van der Waals surface area contributed by atoms with Crippen LogP contribution in [0, 0.1) is 0 Å². The standard InChI is InChI=1S/C4H8N2O2/c5-6-4(7)3-1-2-8-3/h3H,1-2,5H2,(H,6,7)/t3-/m0/s1. The number of ether oxygens (including phenoxy) is 1. The van der Waals surface area contributed by atoms with E-state index in [0.29, 0.717) is 6.61 Å². The van der Waals surface area contributed by atoms with Crippen molar-refractivity contribution in [2.24, 2.45) is 5.84 Å². The number of rotatable bonds is 1. The molecule has 0 spiro atoms.